The quantitative estimate of drug-likeness (QED) is 0.659. The Bertz CT molecular complexity index is 870. The molecule has 3 rings (SSSR count). The standard InChI is InChI=1S/C21H23Cl2NO3/c1-11(2)26-18-16(22)8-13(9-17(18)23)12-5-6-15-14(7-12)10-21(3,4)19(15)27-20(24)25/h5-9,11,19H,10H2,1-4H3,(H2,24,25)/t19-/m0/s1. The molecule has 144 valence electrons. The molecule has 0 aliphatic heterocycles. The van der Waals surface area contributed by atoms with Crippen molar-refractivity contribution in [1.29, 1.82) is 0 Å². The molecule has 0 fully saturated rings. The second-order valence-electron chi connectivity index (χ2n) is 7.83. The zero-order valence-corrected chi connectivity index (χ0v) is 17.3. The minimum atomic E-state index is -0.760. The molecule has 0 bridgehead atoms. The molecule has 6 heteroatoms. The number of amides is 1. The van der Waals surface area contributed by atoms with Crippen LogP contribution in [0.25, 0.3) is 11.1 Å². The van der Waals surface area contributed by atoms with Gasteiger partial charge in [0, 0.05) is 5.41 Å². The molecule has 0 radical (unpaired) electrons. The second-order valence-corrected chi connectivity index (χ2v) is 8.65. The molecule has 1 atom stereocenters. The van der Waals surface area contributed by atoms with Crippen molar-refractivity contribution in [3.63, 3.8) is 0 Å². The van der Waals surface area contributed by atoms with E-state index in [2.05, 4.69) is 19.9 Å². The highest BCUT2D eigenvalue weighted by atomic mass is 35.5. The molecule has 0 saturated heterocycles. The van der Waals surface area contributed by atoms with Gasteiger partial charge in [-0.3, -0.25) is 0 Å². The van der Waals surface area contributed by atoms with Crippen LogP contribution in [0, 0.1) is 5.41 Å². The molecule has 2 aromatic rings. The summed E-state index contributed by atoms with van der Waals surface area (Å²) in [6.45, 7) is 7.97. The highest BCUT2D eigenvalue weighted by molar-refractivity contribution is 6.37. The predicted octanol–water partition coefficient (Wildman–Crippen LogP) is 6.17. The maximum Gasteiger partial charge on any atom is 0.405 e. The van der Waals surface area contributed by atoms with Gasteiger partial charge in [-0.15, -0.1) is 0 Å². The van der Waals surface area contributed by atoms with Crippen molar-refractivity contribution in [2.24, 2.45) is 11.1 Å². The summed E-state index contributed by atoms with van der Waals surface area (Å²) in [4.78, 5) is 11.3. The van der Waals surface area contributed by atoms with Gasteiger partial charge >= 0.3 is 6.09 Å². The number of ether oxygens (including phenoxy) is 2. The summed E-state index contributed by atoms with van der Waals surface area (Å²) < 4.78 is 11.1. The van der Waals surface area contributed by atoms with E-state index in [1.54, 1.807) is 0 Å². The Morgan fingerprint density at radius 3 is 2.33 bits per heavy atom. The van der Waals surface area contributed by atoms with E-state index in [0.29, 0.717) is 15.8 Å². The monoisotopic (exact) mass is 407 g/mol. The molecule has 27 heavy (non-hydrogen) atoms. The molecular formula is C21H23Cl2NO3. The molecule has 0 spiro atoms. The number of rotatable bonds is 4. The van der Waals surface area contributed by atoms with E-state index in [1.165, 1.54) is 0 Å². The average molecular weight is 408 g/mol. The summed E-state index contributed by atoms with van der Waals surface area (Å²) in [5.41, 5.74) is 9.03. The number of benzene rings is 2. The molecule has 1 aliphatic rings. The minimum Gasteiger partial charge on any atom is -0.488 e. The van der Waals surface area contributed by atoms with Crippen LogP contribution in [0.3, 0.4) is 0 Å². The van der Waals surface area contributed by atoms with Crippen LogP contribution in [-0.2, 0) is 11.2 Å². The van der Waals surface area contributed by atoms with Crippen molar-refractivity contribution in [2.45, 2.75) is 46.3 Å². The summed E-state index contributed by atoms with van der Waals surface area (Å²) in [6, 6.07) is 9.75. The fraction of sp³-hybridized carbons (Fsp3) is 0.381. The van der Waals surface area contributed by atoms with Gasteiger partial charge < -0.3 is 15.2 Å². The Hall–Kier alpha value is -1.91. The smallest absolute Gasteiger partial charge is 0.405 e. The first-order chi connectivity index (χ1) is 12.6. The first kappa shape index (κ1) is 19.8. The Kier molecular flexibility index (Phi) is 5.33. The molecule has 0 saturated carbocycles. The maximum atomic E-state index is 11.3. The normalized spacial score (nSPS) is 17.7. The maximum absolute atomic E-state index is 11.3. The van der Waals surface area contributed by atoms with Crippen LogP contribution < -0.4 is 10.5 Å². The molecule has 4 nitrogen and oxygen atoms in total. The summed E-state index contributed by atoms with van der Waals surface area (Å²) in [5.74, 6) is 0.495. The second kappa shape index (κ2) is 7.25. The van der Waals surface area contributed by atoms with Crippen molar-refractivity contribution in [2.75, 3.05) is 0 Å². The summed E-state index contributed by atoms with van der Waals surface area (Å²) in [6.07, 6.45) is -0.350. The molecule has 1 amide bonds. The number of carbonyl (C=O) groups is 1. The predicted molar refractivity (Wildman–Crippen MR) is 109 cm³/mol. The first-order valence-electron chi connectivity index (χ1n) is 8.83. The van der Waals surface area contributed by atoms with Crippen LogP contribution in [0.4, 0.5) is 4.79 Å². The van der Waals surface area contributed by atoms with Crippen molar-refractivity contribution >= 4 is 29.3 Å². The largest absolute Gasteiger partial charge is 0.488 e. The van der Waals surface area contributed by atoms with Crippen LogP contribution in [0.15, 0.2) is 30.3 Å². The summed E-state index contributed by atoms with van der Waals surface area (Å²) >= 11 is 12.8. The van der Waals surface area contributed by atoms with Crippen LogP contribution in [0.1, 0.15) is 44.9 Å². The van der Waals surface area contributed by atoms with Gasteiger partial charge in [0.15, 0.2) is 5.75 Å². The lowest BCUT2D eigenvalue weighted by Crippen LogP contribution is -2.25. The van der Waals surface area contributed by atoms with E-state index >= 15 is 0 Å². The van der Waals surface area contributed by atoms with Crippen LogP contribution in [0.2, 0.25) is 10.0 Å². The molecule has 0 aromatic heterocycles. The van der Waals surface area contributed by atoms with Crippen molar-refractivity contribution in [3.8, 4) is 16.9 Å². The van der Waals surface area contributed by atoms with E-state index in [4.69, 9.17) is 38.4 Å². The van der Waals surface area contributed by atoms with Crippen LogP contribution >= 0.6 is 23.2 Å². The number of halogens is 2. The molecule has 2 aromatic carbocycles. The Morgan fingerprint density at radius 1 is 1.15 bits per heavy atom. The van der Waals surface area contributed by atoms with E-state index in [0.717, 1.165) is 28.7 Å². The number of primary amides is 1. The first-order valence-corrected chi connectivity index (χ1v) is 9.59. The van der Waals surface area contributed by atoms with E-state index in [1.807, 2.05) is 38.1 Å². The zero-order chi connectivity index (χ0) is 19.9. The molecule has 2 N–H and O–H groups in total. The van der Waals surface area contributed by atoms with Gasteiger partial charge in [-0.2, -0.15) is 0 Å². The average Bonchev–Trinajstić information content (AvgIpc) is 2.79. The molecule has 1 aliphatic carbocycles. The highest BCUT2D eigenvalue weighted by Crippen LogP contribution is 2.48. The number of carbonyl (C=O) groups excluding carboxylic acids is 1. The Balaban J connectivity index is 1.98. The van der Waals surface area contributed by atoms with Gasteiger partial charge in [0.25, 0.3) is 0 Å². The number of hydrogen-bond donors (Lipinski definition) is 1. The molecular weight excluding hydrogens is 385 g/mol. The number of fused-ring (bicyclic) bond motifs is 1. The lowest BCUT2D eigenvalue weighted by Gasteiger charge is -2.26. The van der Waals surface area contributed by atoms with Gasteiger partial charge in [0.1, 0.15) is 6.10 Å². The van der Waals surface area contributed by atoms with Gasteiger partial charge in [-0.1, -0.05) is 55.2 Å². The lowest BCUT2D eigenvalue weighted by molar-refractivity contribution is 0.0392. The van der Waals surface area contributed by atoms with Crippen molar-refractivity contribution in [3.05, 3.63) is 51.5 Å². The van der Waals surface area contributed by atoms with Crippen LogP contribution in [-0.4, -0.2) is 12.2 Å². The molecule has 0 unspecified atom stereocenters. The van der Waals surface area contributed by atoms with Gasteiger partial charge in [0.05, 0.1) is 16.1 Å². The SMILES string of the molecule is CC(C)Oc1c(Cl)cc(-c2ccc3c(c2)CC(C)(C)[C@H]3OC(N)=O)cc1Cl. The minimum absolute atomic E-state index is 0.0183. The van der Waals surface area contributed by atoms with Gasteiger partial charge in [-0.05, 0) is 54.7 Å². The fourth-order valence-electron chi connectivity index (χ4n) is 3.61. The Labute approximate surface area is 169 Å². The summed E-state index contributed by atoms with van der Waals surface area (Å²) in [7, 11) is 0. The van der Waals surface area contributed by atoms with Crippen molar-refractivity contribution < 1.29 is 14.3 Å². The van der Waals surface area contributed by atoms with Gasteiger partial charge in [0.2, 0.25) is 0 Å². The topological polar surface area (TPSA) is 61.6 Å². The van der Waals surface area contributed by atoms with E-state index < -0.39 is 6.09 Å². The number of nitrogens with two attached hydrogens (primary N) is 1. The number of hydrogen-bond acceptors (Lipinski definition) is 3. The van der Waals surface area contributed by atoms with E-state index in [-0.39, 0.29) is 17.6 Å². The third-order valence-corrected chi connectivity index (χ3v) is 5.26. The third kappa shape index (κ3) is 4.02. The fourth-order valence-corrected chi connectivity index (χ4v) is 4.19. The van der Waals surface area contributed by atoms with Crippen molar-refractivity contribution in [1.82, 2.24) is 0 Å². The zero-order valence-electron chi connectivity index (χ0n) is 15.8. The van der Waals surface area contributed by atoms with Gasteiger partial charge in [-0.25, -0.2) is 4.79 Å². The van der Waals surface area contributed by atoms with Crippen LogP contribution in [0.5, 0.6) is 5.75 Å². The highest BCUT2D eigenvalue weighted by Gasteiger charge is 2.41. The lowest BCUT2D eigenvalue weighted by atomic mass is 9.87. The third-order valence-electron chi connectivity index (χ3n) is 4.70. The summed E-state index contributed by atoms with van der Waals surface area (Å²) in [5, 5.41) is 0.948. The Morgan fingerprint density at radius 2 is 1.78 bits per heavy atom. The van der Waals surface area contributed by atoms with E-state index in [9.17, 15) is 4.79 Å². The molecule has 0 heterocycles.